The smallest absolute Gasteiger partial charge is 0.303 e. The zero-order chi connectivity index (χ0) is 24.3. The van der Waals surface area contributed by atoms with Gasteiger partial charge < -0.3 is 24.8 Å². The summed E-state index contributed by atoms with van der Waals surface area (Å²) in [6.45, 7) is 2.98. The highest BCUT2D eigenvalue weighted by Crippen LogP contribution is 2.40. The van der Waals surface area contributed by atoms with Crippen molar-refractivity contribution >= 4 is 5.97 Å². The SMILES string of the molecule is CCC1CCC([C@H](O)/C=C/[C@@H]2[C@@H](C/C=C\CCCC(=O)O)[C@@H](O)C[C@H]2OC2CCCCO2)CC1. The quantitative estimate of drug-likeness (QED) is 0.263. The van der Waals surface area contributed by atoms with Crippen LogP contribution in [0, 0.1) is 23.7 Å². The summed E-state index contributed by atoms with van der Waals surface area (Å²) < 4.78 is 12.1. The molecule has 1 saturated heterocycles. The number of aliphatic hydroxyl groups is 2. The van der Waals surface area contributed by atoms with Crippen LogP contribution in [0.5, 0.6) is 0 Å². The van der Waals surface area contributed by atoms with Gasteiger partial charge in [0.05, 0.1) is 18.3 Å². The van der Waals surface area contributed by atoms with Crippen molar-refractivity contribution in [1.82, 2.24) is 0 Å². The van der Waals surface area contributed by atoms with Gasteiger partial charge in [-0.2, -0.15) is 0 Å². The Morgan fingerprint density at radius 2 is 1.94 bits per heavy atom. The Labute approximate surface area is 205 Å². The molecule has 0 aromatic rings. The summed E-state index contributed by atoms with van der Waals surface area (Å²) in [5, 5.41) is 30.6. The van der Waals surface area contributed by atoms with Crippen molar-refractivity contribution in [2.75, 3.05) is 6.61 Å². The van der Waals surface area contributed by atoms with Crippen molar-refractivity contribution < 1.29 is 29.6 Å². The van der Waals surface area contributed by atoms with Gasteiger partial charge in [-0.1, -0.05) is 50.5 Å². The van der Waals surface area contributed by atoms with E-state index in [1.54, 1.807) is 0 Å². The van der Waals surface area contributed by atoms with Gasteiger partial charge in [-0.15, -0.1) is 0 Å². The van der Waals surface area contributed by atoms with Crippen LogP contribution in [-0.2, 0) is 14.3 Å². The zero-order valence-corrected chi connectivity index (χ0v) is 20.9. The lowest BCUT2D eigenvalue weighted by Gasteiger charge is -2.31. The molecule has 3 rings (SSSR count). The monoisotopic (exact) mass is 478 g/mol. The van der Waals surface area contributed by atoms with Crippen LogP contribution in [0.1, 0.15) is 90.4 Å². The van der Waals surface area contributed by atoms with E-state index in [-0.39, 0.29) is 30.7 Å². The molecule has 6 heteroatoms. The fourth-order valence-corrected chi connectivity index (χ4v) is 5.92. The van der Waals surface area contributed by atoms with Gasteiger partial charge in [0.15, 0.2) is 6.29 Å². The number of carbonyl (C=O) groups is 1. The molecule has 0 bridgehead atoms. The number of hydrogen-bond acceptors (Lipinski definition) is 5. The van der Waals surface area contributed by atoms with Crippen LogP contribution in [0.3, 0.4) is 0 Å². The lowest BCUT2D eigenvalue weighted by Crippen LogP contribution is -2.31. The van der Waals surface area contributed by atoms with Crippen molar-refractivity contribution in [1.29, 1.82) is 0 Å². The lowest BCUT2D eigenvalue weighted by molar-refractivity contribution is -0.193. The van der Waals surface area contributed by atoms with E-state index in [1.807, 2.05) is 12.2 Å². The molecule has 0 aromatic carbocycles. The second-order valence-corrected chi connectivity index (χ2v) is 10.6. The Bertz CT molecular complexity index is 647. The lowest BCUT2D eigenvalue weighted by atomic mass is 9.78. The molecule has 2 aliphatic carbocycles. The van der Waals surface area contributed by atoms with E-state index in [0.29, 0.717) is 25.2 Å². The van der Waals surface area contributed by atoms with Gasteiger partial charge in [-0.25, -0.2) is 0 Å². The van der Waals surface area contributed by atoms with E-state index in [0.717, 1.165) is 51.0 Å². The first kappa shape index (κ1) is 27.4. The molecule has 0 radical (unpaired) electrons. The minimum atomic E-state index is -0.767. The Morgan fingerprint density at radius 1 is 1.15 bits per heavy atom. The fourth-order valence-electron chi connectivity index (χ4n) is 5.92. The first-order chi connectivity index (χ1) is 16.5. The maximum Gasteiger partial charge on any atom is 0.303 e. The average molecular weight is 479 g/mol. The van der Waals surface area contributed by atoms with Gasteiger partial charge in [0.2, 0.25) is 0 Å². The zero-order valence-electron chi connectivity index (χ0n) is 20.9. The molecule has 0 aromatic heterocycles. The number of carboxylic acids is 1. The molecular weight excluding hydrogens is 432 g/mol. The second kappa shape index (κ2) is 14.4. The molecule has 2 saturated carbocycles. The number of aliphatic hydroxyl groups excluding tert-OH is 2. The van der Waals surface area contributed by atoms with Crippen LogP contribution in [0.25, 0.3) is 0 Å². The largest absolute Gasteiger partial charge is 0.481 e. The summed E-state index contributed by atoms with van der Waals surface area (Å²) in [4.78, 5) is 10.7. The number of aliphatic carboxylic acids is 1. The van der Waals surface area contributed by atoms with Crippen molar-refractivity contribution in [2.45, 2.75) is 115 Å². The highest BCUT2D eigenvalue weighted by Gasteiger charge is 2.42. The first-order valence-corrected chi connectivity index (χ1v) is 13.7. The summed E-state index contributed by atoms with van der Waals surface area (Å²) in [5.74, 6) is 0.391. The average Bonchev–Trinajstić information content (AvgIpc) is 3.13. The number of allylic oxidation sites excluding steroid dienone is 2. The van der Waals surface area contributed by atoms with Gasteiger partial charge in [-0.05, 0) is 69.1 Å². The predicted octanol–water partition coefficient (Wildman–Crippen LogP) is 5.23. The normalized spacial score (nSPS) is 35.8. The Kier molecular flexibility index (Phi) is 11.6. The molecule has 6 nitrogen and oxygen atoms in total. The third-order valence-electron chi connectivity index (χ3n) is 8.17. The first-order valence-electron chi connectivity index (χ1n) is 13.7. The minimum Gasteiger partial charge on any atom is -0.481 e. The summed E-state index contributed by atoms with van der Waals surface area (Å²) >= 11 is 0. The molecule has 3 fully saturated rings. The number of rotatable bonds is 12. The molecule has 1 heterocycles. The van der Waals surface area contributed by atoms with E-state index in [2.05, 4.69) is 19.1 Å². The fraction of sp³-hybridized carbons (Fsp3) is 0.821. The Morgan fingerprint density at radius 3 is 2.62 bits per heavy atom. The maximum atomic E-state index is 10.9. The Hall–Kier alpha value is -1.21. The highest BCUT2D eigenvalue weighted by molar-refractivity contribution is 5.66. The van der Waals surface area contributed by atoms with E-state index in [4.69, 9.17) is 14.6 Å². The minimum absolute atomic E-state index is 0.0172. The predicted molar refractivity (Wildman–Crippen MR) is 132 cm³/mol. The van der Waals surface area contributed by atoms with Gasteiger partial charge in [0, 0.05) is 25.4 Å². The number of hydrogen-bond donors (Lipinski definition) is 3. The van der Waals surface area contributed by atoms with Crippen molar-refractivity contribution in [3.63, 3.8) is 0 Å². The molecule has 1 unspecified atom stereocenters. The van der Waals surface area contributed by atoms with Gasteiger partial charge in [0.25, 0.3) is 0 Å². The summed E-state index contributed by atoms with van der Waals surface area (Å²) in [6.07, 6.45) is 18.6. The molecule has 1 aliphatic heterocycles. The maximum absolute atomic E-state index is 10.9. The third-order valence-corrected chi connectivity index (χ3v) is 8.17. The van der Waals surface area contributed by atoms with Crippen LogP contribution < -0.4 is 0 Å². The number of carboxylic acid groups (broad SMARTS) is 1. The highest BCUT2D eigenvalue weighted by atomic mass is 16.7. The van der Waals surface area contributed by atoms with Crippen molar-refractivity contribution in [2.24, 2.45) is 23.7 Å². The topological polar surface area (TPSA) is 96.2 Å². The van der Waals surface area contributed by atoms with E-state index in [9.17, 15) is 15.0 Å². The van der Waals surface area contributed by atoms with Gasteiger partial charge in [-0.3, -0.25) is 4.79 Å². The summed E-state index contributed by atoms with van der Waals surface area (Å²) in [7, 11) is 0. The molecule has 3 N–H and O–H groups in total. The van der Waals surface area contributed by atoms with Crippen LogP contribution >= 0.6 is 0 Å². The Balaban J connectivity index is 1.61. The van der Waals surface area contributed by atoms with Crippen LogP contribution in [0.4, 0.5) is 0 Å². The van der Waals surface area contributed by atoms with E-state index >= 15 is 0 Å². The van der Waals surface area contributed by atoms with Crippen LogP contribution in [0.2, 0.25) is 0 Å². The molecule has 6 atom stereocenters. The summed E-state index contributed by atoms with van der Waals surface area (Å²) in [5.41, 5.74) is 0. The standard InChI is InChI=1S/C28H46O6/c1-2-20-12-14-21(15-13-20)24(29)17-16-23-22(9-5-3-4-6-10-27(31)32)25(30)19-26(23)34-28-11-7-8-18-33-28/h3,5,16-17,20-26,28-30H,2,4,6-15,18-19H2,1H3,(H,31,32)/b5-3-,17-16+/t20?,21?,22-,23-,24-,25+,26-,28?/m1/s1. The summed E-state index contributed by atoms with van der Waals surface area (Å²) in [6, 6.07) is 0. The number of ether oxygens (including phenoxy) is 2. The third kappa shape index (κ3) is 8.47. The van der Waals surface area contributed by atoms with Crippen LogP contribution in [-0.4, -0.2) is 52.5 Å². The number of unbranched alkanes of at least 4 members (excludes halogenated alkanes) is 1. The molecule has 3 aliphatic rings. The van der Waals surface area contributed by atoms with E-state index in [1.165, 1.54) is 19.3 Å². The molecule has 194 valence electrons. The molecule has 34 heavy (non-hydrogen) atoms. The second-order valence-electron chi connectivity index (χ2n) is 10.6. The molecule has 0 spiro atoms. The van der Waals surface area contributed by atoms with Crippen molar-refractivity contribution in [3.05, 3.63) is 24.3 Å². The van der Waals surface area contributed by atoms with Gasteiger partial charge >= 0.3 is 5.97 Å². The van der Waals surface area contributed by atoms with Gasteiger partial charge in [0.1, 0.15) is 0 Å². The molecule has 0 amide bonds. The molecular formula is C28H46O6. The van der Waals surface area contributed by atoms with Crippen molar-refractivity contribution in [3.8, 4) is 0 Å². The van der Waals surface area contributed by atoms with E-state index < -0.39 is 18.2 Å². The van der Waals surface area contributed by atoms with Crippen LogP contribution in [0.15, 0.2) is 24.3 Å².